The highest BCUT2D eigenvalue weighted by Gasteiger charge is 2.11. The molecule has 0 radical (unpaired) electrons. The molecule has 0 fully saturated rings. The highest BCUT2D eigenvalue weighted by atomic mass is 19.1. The molecular formula is C17H18FNO2. The molecule has 0 bridgehead atoms. The molecule has 0 saturated carbocycles. The fourth-order valence-electron chi connectivity index (χ4n) is 2.15. The molecule has 4 heteroatoms. The van der Waals surface area contributed by atoms with Crippen molar-refractivity contribution < 1.29 is 13.9 Å². The molecule has 0 aliphatic rings. The summed E-state index contributed by atoms with van der Waals surface area (Å²) in [5, 5.41) is 0. The molecule has 0 unspecified atom stereocenters. The standard InChI is InChI=1S/C17H18FNO2/c1-19(11-14-5-3-4-6-17(14)21-2)12-16(20)13-7-9-15(18)10-8-13/h3-10H,11-12H2,1-2H3. The van der Waals surface area contributed by atoms with Gasteiger partial charge in [0.25, 0.3) is 0 Å². The maximum absolute atomic E-state index is 12.8. The Morgan fingerprint density at radius 1 is 1.14 bits per heavy atom. The van der Waals surface area contributed by atoms with E-state index in [9.17, 15) is 9.18 Å². The molecule has 3 nitrogen and oxygen atoms in total. The third-order valence-corrected chi connectivity index (χ3v) is 3.21. The Bertz CT molecular complexity index is 610. The van der Waals surface area contributed by atoms with Gasteiger partial charge in [-0.1, -0.05) is 18.2 Å². The number of likely N-dealkylation sites (N-methyl/N-ethyl adjacent to an activating group) is 1. The zero-order chi connectivity index (χ0) is 15.2. The van der Waals surface area contributed by atoms with Crippen molar-refractivity contribution in [2.24, 2.45) is 0 Å². The van der Waals surface area contributed by atoms with Crippen LogP contribution in [0, 0.1) is 5.82 Å². The summed E-state index contributed by atoms with van der Waals surface area (Å²) in [4.78, 5) is 14.0. The van der Waals surface area contributed by atoms with Gasteiger partial charge in [-0.25, -0.2) is 4.39 Å². The molecule has 0 amide bonds. The van der Waals surface area contributed by atoms with E-state index in [2.05, 4.69) is 0 Å². The summed E-state index contributed by atoms with van der Waals surface area (Å²) >= 11 is 0. The van der Waals surface area contributed by atoms with E-state index in [1.165, 1.54) is 24.3 Å². The van der Waals surface area contributed by atoms with Gasteiger partial charge in [0.2, 0.25) is 0 Å². The molecular weight excluding hydrogens is 269 g/mol. The van der Waals surface area contributed by atoms with E-state index in [4.69, 9.17) is 4.74 Å². The number of ether oxygens (including phenoxy) is 1. The molecule has 0 N–H and O–H groups in total. The predicted molar refractivity (Wildman–Crippen MR) is 80.1 cm³/mol. The molecule has 2 aromatic carbocycles. The Morgan fingerprint density at radius 3 is 2.48 bits per heavy atom. The SMILES string of the molecule is COc1ccccc1CN(C)CC(=O)c1ccc(F)cc1. The van der Waals surface area contributed by atoms with Gasteiger partial charge < -0.3 is 4.74 Å². The summed E-state index contributed by atoms with van der Waals surface area (Å²) in [6.45, 7) is 0.876. The van der Waals surface area contributed by atoms with Crippen molar-refractivity contribution in [2.45, 2.75) is 6.54 Å². The average molecular weight is 287 g/mol. The molecule has 0 aromatic heterocycles. The minimum Gasteiger partial charge on any atom is -0.496 e. The first-order chi connectivity index (χ1) is 10.1. The van der Waals surface area contributed by atoms with Crippen LogP contribution in [0.25, 0.3) is 0 Å². The minimum absolute atomic E-state index is 0.0348. The molecule has 0 heterocycles. The van der Waals surface area contributed by atoms with Crippen molar-refractivity contribution in [3.05, 3.63) is 65.5 Å². The van der Waals surface area contributed by atoms with E-state index in [1.54, 1.807) is 7.11 Å². The third kappa shape index (κ3) is 4.13. The Morgan fingerprint density at radius 2 is 1.81 bits per heavy atom. The number of carbonyl (C=O) groups is 1. The normalized spacial score (nSPS) is 10.7. The lowest BCUT2D eigenvalue weighted by Gasteiger charge is -2.17. The van der Waals surface area contributed by atoms with Crippen LogP contribution in [0.1, 0.15) is 15.9 Å². The number of para-hydroxylation sites is 1. The lowest BCUT2D eigenvalue weighted by atomic mass is 10.1. The highest BCUT2D eigenvalue weighted by molar-refractivity contribution is 5.97. The van der Waals surface area contributed by atoms with Crippen molar-refractivity contribution in [3.8, 4) is 5.75 Å². The predicted octanol–water partition coefficient (Wildman–Crippen LogP) is 3.15. The van der Waals surface area contributed by atoms with E-state index < -0.39 is 0 Å². The topological polar surface area (TPSA) is 29.5 Å². The second-order valence-electron chi connectivity index (χ2n) is 4.91. The summed E-state index contributed by atoms with van der Waals surface area (Å²) in [7, 11) is 3.50. The number of methoxy groups -OCH3 is 1. The fraction of sp³-hybridized carbons (Fsp3) is 0.235. The Hall–Kier alpha value is -2.20. The van der Waals surface area contributed by atoms with Crippen molar-refractivity contribution in [2.75, 3.05) is 20.7 Å². The first-order valence-corrected chi connectivity index (χ1v) is 6.69. The van der Waals surface area contributed by atoms with Crippen molar-refractivity contribution in [3.63, 3.8) is 0 Å². The molecule has 110 valence electrons. The van der Waals surface area contributed by atoms with E-state index in [0.717, 1.165) is 11.3 Å². The lowest BCUT2D eigenvalue weighted by Crippen LogP contribution is -2.25. The Balaban J connectivity index is 1.99. The fourth-order valence-corrected chi connectivity index (χ4v) is 2.15. The Kier molecular flexibility index (Phi) is 5.06. The van der Waals surface area contributed by atoms with Gasteiger partial charge >= 0.3 is 0 Å². The maximum atomic E-state index is 12.8. The number of halogens is 1. The van der Waals surface area contributed by atoms with E-state index in [1.807, 2.05) is 36.2 Å². The number of hydrogen-bond donors (Lipinski definition) is 0. The number of hydrogen-bond acceptors (Lipinski definition) is 3. The van der Waals surface area contributed by atoms with Gasteiger partial charge in [-0.3, -0.25) is 9.69 Å². The van der Waals surface area contributed by atoms with Gasteiger partial charge in [0.05, 0.1) is 13.7 Å². The first kappa shape index (κ1) is 15.2. The first-order valence-electron chi connectivity index (χ1n) is 6.69. The van der Waals surface area contributed by atoms with Crippen LogP contribution in [0.2, 0.25) is 0 Å². The van der Waals surface area contributed by atoms with Crippen LogP contribution in [-0.4, -0.2) is 31.4 Å². The van der Waals surface area contributed by atoms with Gasteiger partial charge in [0, 0.05) is 17.7 Å². The van der Waals surface area contributed by atoms with Crippen LogP contribution in [0.5, 0.6) is 5.75 Å². The average Bonchev–Trinajstić information content (AvgIpc) is 2.48. The number of nitrogens with zero attached hydrogens (tertiary/aromatic N) is 1. The Labute approximate surface area is 124 Å². The van der Waals surface area contributed by atoms with E-state index >= 15 is 0 Å². The molecule has 0 spiro atoms. The summed E-state index contributed by atoms with van der Waals surface area (Å²) in [5.41, 5.74) is 1.54. The molecule has 0 saturated heterocycles. The zero-order valence-corrected chi connectivity index (χ0v) is 12.2. The van der Waals surface area contributed by atoms with E-state index in [0.29, 0.717) is 12.1 Å². The molecule has 0 aliphatic carbocycles. The van der Waals surface area contributed by atoms with Crippen LogP contribution >= 0.6 is 0 Å². The highest BCUT2D eigenvalue weighted by Crippen LogP contribution is 2.18. The minimum atomic E-state index is -0.339. The second kappa shape index (κ2) is 6.99. The van der Waals surface area contributed by atoms with Crippen LogP contribution in [0.15, 0.2) is 48.5 Å². The van der Waals surface area contributed by atoms with Gasteiger partial charge in [0.15, 0.2) is 5.78 Å². The van der Waals surface area contributed by atoms with Crippen molar-refractivity contribution in [1.82, 2.24) is 4.90 Å². The van der Waals surface area contributed by atoms with Gasteiger partial charge in [-0.15, -0.1) is 0 Å². The monoisotopic (exact) mass is 287 g/mol. The summed E-state index contributed by atoms with van der Waals surface area (Å²) < 4.78 is 18.1. The smallest absolute Gasteiger partial charge is 0.176 e. The molecule has 2 aromatic rings. The molecule has 2 rings (SSSR count). The maximum Gasteiger partial charge on any atom is 0.176 e. The number of ketones is 1. The third-order valence-electron chi connectivity index (χ3n) is 3.21. The lowest BCUT2D eigenvalue weighted by molar-refractivity contribution is 0.0942. The van der Waals surface area contributed by atoms with Crippen LogP contribution in [0.4, 0.5) is 4.39 Å². The quantitative estimate of drug-likeness (QED) is 0.764. The van der Waals surface area contributed by atoms with Crippen LogP contribution in [0.3, 0.4) is 0 Å². The van der Waals surface area contributed by atoms with Gasteiger partial charge in [-0.2, -0.15) is 0 Å². The van der Waals surface area contributed by atoms with Crippen LogP contribution < -0.4 is 4.74 Å². The number of Topliss-reactive ketones (excluding diaryl/α,β-unsaturated/α-hetero) is 1. The summed E-state index contributed by atoms with van der Waals surface area (Å²) in [6, 6.07) is 13.3. The van der Waals surface area contributed by atoms with Crippen molar-refractivity contribution >= 4 is 5.78 Å². The van der Waals surface area contributed by atoms with Gasteiger partial charge in [-0.05, 0) is 37.4 Å². The molecule has 0 aliphatic heterocycles. The number of benzene rings is 2. The number of rotatable bonds is 6. The number of carbonyl (C=O) groups excluding carboxylic acids is 1. The summed E-state index contributed by atoms with van der Waals surface area (Å²) in [6.07, 6.45) is 0. The molecule has 0 atom stereocenters. The molecule has 21 heavy (non-hydrogen) atoms. The van der Waals surface area contributed by atoms with Gasteiger partial charge in [0.1, 0.15) is 11.6 Å². The van der Waals surface area contributed by atoms with Crippen molar-refractivity contribution in [1.29, 1.82) is 0 Å². The largest absolute Gasteiger partial charge is 0.496 e. The summed E-state index contributed by atoms with van der Waals surface area (Å²) in [5.74, 6) is 0.430. The van der Waals surface area contributed by atoms with Crippen LogP contribution in [-0.2, 0) is 6.54 Å². The second-order valence-corrected chi connectivity index (χ2v) is 4.91. The zero-order valence-electron chi connectivity index (χ0n) is 12.2. The van der Waals surface area contributed by atoms with E-state index in [-0.39, 0.29) is 18.1 Å².